The van der Waals surface area contributed by atoms with Gasteiger partial charge in [-0.2, -0.15) is 0 Å². The van der Waals surface area contributed by atoms with Crippen LogP contribution in [0.5, 0.6) is 0 Å². The summed E-state index contributed by atoms with van der Waals surface area (Å²) in [6.45, 7) is 4.33. The Morgan fingerprint density at radius 3 is 2.71 bits per heavy atom. The molecule has 1 amide bonds. The van der Waals surface area contributed by atoms with E-state index in [1.54, 1.807) is 6.07 Å². The van der Waals surface area contributed by atoms with Crippen LogP contribution in [0.4, 0.5) is 10.5 Å². The fourth-order valence-electron chi connectivity index (χ4n) is 1.77. The first-order valence-corrected chi connectivity index (χ1v) is 7.09. The third kappa shape index (κ3) is 4.46. The van der Waals surface area contributed by atoms with Gasteiger partial charge in [-0.1, -0.05) is 55.8 Å². The van der Waals surface area contributed by atoms with E-state index in [-0.39, 0.29) is 5.92 Å². The van der Waals surface area contributed by atoms with Gasteiger partial charge in [-0.25, -0.2) is 9.78 Å². The number of hydrogen-bond donors (Lipinski definition) is 1. The average Bonchev–Trinajstić information content (AvgIpc) is 2.48. The summed E-state index contributed by atoms with van der Waals surface area (Å²) >= 11 is 5.95. The van der Waals surface area contributed by atoms with Crippen molar-refractivity contribution < 1.29 is 9.53 Å². The molecule has 0 bridgehead atoms. The molecule has 0 atom stereocenters. The summed E-state index contributed by atoms with van der Waals surface area (Å²) in [5.41, 5.74) is 2.32. The van der Waals surface area contributed by atoms with Crippen LogP contribution in [-0.4, -0.2) is 17.7 Å². The van der Waals surface area contributed by atoms with E-state index in [1.807, 2.05) is 44.2 Å². The first-order valence-electron chi connectivity index (χ1n) is 6.71. The van der Waals surface area contributed by atoms with Crippen LogP contribution in [-0.2, 0) is 4.74 Å². The molecule has 110 valence electrons. The zero-order valence-electron chi connectivity index (χ0n) is 12.0. The number of hydrogen-bond acceptors (Lipinski definition) is 3. The quantitative estimate of drug-likeness (QED) is 0.839. The van der Waals surface area contributed by atoms with Crippen LogP contribution in [0.1, 0.15) is 13.8 Å². The number of rotatable bonds is 4. The summed E-state index contributed by atoms with van der Waals surface area (Å²) in [5.74, 6) is 0.285. The van der Waals surface area contributed by atoms with Crippen LogP contribution >= 0.6 is 11.6 Å². The number of carbonyl (C=O) groups excluding carboxylic acids is 1. The van der Waals surface area contributed by atoms with Crippen LogP contribution in [0, 0.1) is 5.92 Å². The van der Waals surface area contributed by atoms with Gasteiger partial charge >= 0.3 is 6.09 Å². The van der Waals surface area contributed by atoms with Gasteiger partial charge in [0, 0.05) is 5.56 Å². The summed E-state index contributed by atoms with van der Waals surface area (Å²) < 4.78 is 5.12. The van der Waals surface area contributed by atoms with E-state index in [0.717, 1.165) is 11.1 Å². The molecule has 5 heteroatoms. The maximum atomic E-state index is 11.8. The minimum absolute atomic E-state index is 0.285. The Labute approximate surface area is 129 Å². The number of amides is 1. The molecule has 0 aliphatic heterocycles. The zero-order valence-corrected chi connectivity index (χ0v) is 12.7. The fourth-order valence-corrected chi connectivity index (χ4v) is 1.93. The van der Waals surface area contributed by atoms with Crippen molar-refractivity contribution in [2.45, 2.75) is 13.8 Å². The molecule has 2 rings (SSSR count). The Balaban J connectivity index is 2.22. The van der Waals surface area contributed by atoms with E-state index in [4.69, 9.17) is 16.3 Å². The molecule has 0 spiro atoms. The van der Waals surface area contributed by atoms with Gasteiger partial charge < -0.3 is 4.74 Å². The number of anilines is 1. The molecule has 0 saturated carbocycles. The third-order valence-electron chi connectivity index (χ3n) is 2.74. The topological polar surface area (TPSA) is 51.2 Å². The standard InChI is InChI=1S/C16H17ClN2O2/c1-11(2)10-21-16(20)19-14-9-18-15(17)8-13(14)12-6-4-3-5-7-12/h3-9,11H,10H2,1-2H3,(H,19,20). The number of nitrogens with zero attached hydrogens (tertiary/aromatic N) is 1. The highest BCUT2D eigenvalue weighted by Gasteiger charge is 2.11. The third-order valence-corrected chi connectivity index (χ3v) is 2.95. The molecule has 1 aromatic carbocycles. The fraction of sp³-hybridized carbons (Fsp3) is 0.250. The predicted octanol–water partition coefficient (Wildman–Crippen LogP) is 4.61. The molecule has 1 aromatic heterocycles. The van der Waals surface area contributed by atoms with Gasteiger partial charge in [0.15, 0.2) is 0 Å². The molecule has 0 saturated heterocycles. The Morgan fingerprint density at radius 1 is 1.33 bits per heavy atom. The lowest BCUT2D eigenvalue weighted by atomic mass is 10.1. The van der Waals surface area contributed by atoms with E-state index in [1.165, 1.54) is 6.20 Å². The van der Waals surface area contributed by atoms with Crippen molar-refractivity contribution in [2.24, 2.45) is 5.92 Å². The van der Waals surface area contributed by atoms with Crippen molar-refractivity contribution in [3.63, 3.8) is 0 Å². The Bertz CT molecular complexity index is 615. The summed E-state index contributed by atoms with van der Waals surface area (Å²) in [5, 5.41) is 3.08. The van der Waals surface area contributed by atoms with Crippen molar-refractivity contribution in [3.05, 3.63) is 47.7 Å². The highest BCUT2D eigenvalue weighted by atomic mass is 35.5. The molecule has 1 N–H and O–H groups in total. The number of pyridine rings is 1. The Morgan fingerprint density at radius 2 is 2.05 bits per heavy atom. The van der Waals surface area contributed by atoms with E-state index < -0.39 is 6.09 Å². The number of carbonyl (C=O) groups is 1. The number of halogens is 1. The van der Waals surface area contributed by atoms with Crippen molar-refractivity contribution in [3.8, 4) is 11.1 Å². The van der Waals surface area contributed by atoms with Gasteiger partial charge in [0.1, 0.15) is 5.15 Å². The molecule has 0 aliphatic carbocycles. The smallest absolute Gasteiger partial charge is 0.411 e. The number of benzene rings is 1. The van der Waals surface area contributed by atoms with Crippen LogP contribution in [0.25, 0.3) is 11.1 Å². The van der Waals surface area contributed by atoms with Crippen LogP contribution < -0.4 is 5.32 Å². The maximum absolute atomic E-state index is 11.8. The molecule has 0 unspecified atom stereocenters. The molecular weight excluding hydrogens is 288 g/mol. The highest BCUT2D eigenvalue weighted by molar-refractivity contribution is 6.29. The second-order valence-corrected chi connectivity index (χ2v) is 5.42. The Hall–Kier alpha value is -2.07. The molecule has 0 aliphatic rings. The van der Waals surface area contributed by atoms with E-state index >= 15 is 0 Å². The zero-order chi connectivity index (χ0) is 15.2. The van der Waals surface area contributed by atoms with E-state index in [2.05, 4.69) is 10.3 Å². The molecule has 0 radical (unpaired) electrons. The molecule has 1 heterocycles. The predicted molar refractivity (Wildman–Crippen MR) is 84.5 cm³/mol. The second kappa shape index (κ2) is 7.09. The summed E-state index contributed by atoms with van der Waals surface area (Å²) in [4.78, 5) is 15.8. The minimum Gasteiger partial charge on any atom is -0.449 e. The molecule has 21 heavy (non-hydrogen) atoms. The monoisotopic (exact) mass is 304 g/mol. The molecule has 0 fully saturated rings. The van der Waals surface area contributed by atoms with Crippen LogP contribution in [0.15, 0.2) is 42.6 Å². The first-order chi connectivity index (χ1) is 10.1. The molecule has 2 aromatic rings. The van der Waals surface area contributed by atoms with E-state index in [0.29, 0.717) is 17.4 Å². The SMILES string of the molecule is CC(C)COC(=O)Nc1cnc(Cl)cc1-c1ccccc1. The minimum atomic E-state index is -0.495. The lowest BCUT2D eigenvalue weighted by Gasteiger charge is -2.12. The summed E-state index contributed by atoms with van der Waals surface area (Å²) in [6.07, 6.45) is 1.03. The normalized spacial score (nSPS) is 10.5. The van der Waals surface area contributed by atoms with Crippen molar-refractivity contribution in [2.75, 3.05) is 11.9 Å². The van der Waals surface area contributed by atoms with E-state index in [9.17, 15) is 4.79 Å². The van der Waals surface area contributed by atoms with Gasteiger partial charge in [0.2, 0.25) is 0 Å². The second-order valence-electron chi connectivity index (χ2n) is 5.04. The van der Waals surface area contributed by atoms with Crippen molar-refractivity contribution in [1.82, 2.24) is 4.98 Å². The number of aromatic nitrogens is 1. The highest BCUT2D eigenvalue weighted by Crippen LogP contribution is 2.29. The van der Waals surface area contributed by atoms with Crippen LogP contribution in [0.2, 0.25) is 5.15 Å². The van der Waals surface area contributed by atoms with Gasteiger partial charge in [-0.05, 0) is 17.5 Å². The summed E-state index contributed by atoms with van der Waals surface area (Å²) in [7, 11) is 0. The molecular formula is C16H17ClN2O2. The van der Waals surface area contributed by atoms with Gasteiger partial charge in [0.05, 0.1) is 18.5 Å². The van der Waals surface area contributed by atoms with Gasteiger partial charge in [0.25, 0.3) is 0 Å². The van der Waals surface area contributed by atoms with Gasteiger partial charge in [-0.3, -0.25) is 5.32 Å². The number of ether oxygens (including phenoxy) is 1. The number of nitrogens with one attached hydrogen (secondary N) is 1. The largest absolute Gasteiger partial charge is 0.449 e. The van der Waals surface area contributed by atoms with Gasteiger partial charge in [-0.15, -0.1) is 0 Å². The van der Waals surface area contributed by atoms with Crippen molar-refractivity contribution >= 4 is 23.4 Å². The van der Waals surface area contributed by atoms with Crippen molar-refractivity contribution in [1.29, 1.82) is 0 Å². The summed E-state index contributed by atoms with van der Waals surface area (Å²) in [6, 6.07) is 11.4. The lowest BCUT2D eigenvalue weighted by Crippen LogP contribution is -2.17. The maximum Gasteiger partial charge on any atom is 0.411 e. The van der Waals surface area contributed by atoms with Crippen LogP contribution in [0.3, 0.4) is 0 Å². The lowest BCUT2D eigenvalue weighted by molar-refractivity contribution is 0.147. The Kier molecular flexibility index (Phi) is 5.17. The first kappa shape index (κ1) is 15.3. The molecule has 4 nitrogen and oxygen atoms in total. The average molecular weight is 305 g/mol.